The number of thioether (sulfide) groups is 1. The minimum absolute atomic E-state index is 0. The molecule has 0 radical (unpaired) electrons. The largest absolute Gasteiger partial charge is 0.326 e. The van der Waals surface area contributed by atoms with Crippen molar-refractivity contribution in [3.8, 4) is 0 Å². The average Bonchev–Trinajstić information content (AvgIpc) is 2.18. The molecule has 86 valence electrons. The maximum Gasteiger partial charge on any atom is 0.0681 e. The van der Waals surface area contributed by atoms with Crippen LogP contribution in [0.25, 0.3) is 0 Å². The molecule has 2 atom stereocenters. The van der Waals surface area contributed by atoms with Gasteiger partial charge in [0.1, 0.15) is 0 Å². The van der Waals surface area contributed by atoms with Crippen LogP contribution in [0, 0.1) is 0 Å². The third-order valence-electron chi connectivity index (χ3n) is 2.42. The van der Waals surface area contributed by atoms with Gasteiger partial charge in [-0.2, -0.15) is 24.4 Å². The van der Waals surface area contributed by atoms with Crippen molar-refractivity contribution < 1.29 is 0 Å². The predicted octanol–water partition coefficient (Wildman–Crippen LogP) is 1.84. The lowest BCUT2D eigenvalue weighted by Crippen LogP contribution is -2.47. The summed E-state index contributed by atoms with van der Waals surface area (Å²) in [6.45, 7) is 4.47. The zero-order valence-electron chi connectivity index (χ0n) is 8.69. The number of nitrogens with two attached hydrogens (primary N) is 1. The summed E-state index contributed by atoms with van der Waals surface area (Å²) in [5, 5.41) is 0.265. The first-order valence-electron chi connectivity index (χ1n) is 5.01. The van der Waals surface area contributed by atoms with Gasteiger partial charge in [-0.1, -0.05) is 13.3 Å². The quantitative estimate of drug-likeness (QED) is 0.753. The van der Waals surface area contributed by atoms with Crippen molar-refractivity contribution in [2.75, 3.05) is 24.6 Å². The summed E-state index contributed by atoms with van der Waals surface area (Å²) in [4.78, 5) is 2.40. The van der Waals surface area contributed by atoms with E-state index in [0.29, 0.717) is 0 Å². The highest BCUT2D eigenvalue weighted by Gasteiger charge is 2.22. The fourth-order valence-corrected chi connectivity index (χ4v) is 2.91. The van der Waals surface area contributed by atoms with Crippen LogP contribution in [0.3, 0.4) is 0 Å². The smallest absolute Gasteiger partial charge is 0.0681 e. The first kappa shape index (κ1) is 14.9. The molecular formula is C9H21ClN2S2. The fourth-order valence-electron chi connectivity index (χ4n) is 1.60. The Kier molecular flexibility index (Phi) is 8.63. The Morgan fingerprint density at radius 3 is 2.50 bits per heavy atom. The number of hydrogen-bond donors (Lipinski definition) is 2. The van der Waals surface area contributed by atoms with E-state index in [2.05, 4.69) is 24.5 Å². The molecule has 0 spiro atoms. The van der Waals surface area contributed by atoms with Crippen molar-refractivity contribution in [2.24, 2.45) is 5.73 Å². The monoisotopic (exact) mass is 256 g/mol. The first-order chi connectivity index (χ1) is 6.25. The molecular weight excluding hydrogens is 236 g/mol. The van der Waals surface area contributed by atoms with E-state index < -0.39 is 0 Å². The Morgan fingerprint density at radius 1 is 1.43 bits per heavy atom. The van der Waals surface area contributed by atoms with E-state index in [1.165, 1.54) is 11.5 Å². The van der Waals surface area contributed by atoms with Crippen molar-refractivity contribution >= 4 is 36.8 Å². The summed E-state index contributed by atoms with van der Waals surface area (Å²) >= 11 is 6.62. The topological polar surface area (TPSA) is 29.3 Å². The number of nitrogens with zero attached hydrogens (tertiary/aromatic N) is 1. The zero-order valence-corrected chi connectivity index (χ0v) is 11.2. The average molecular weight is 257 g/mol. The maximum absolute atomic E-state index is 6.03. The molecule has 0 aromatic rings. The predicted molar refractivity (Wildman–Crippen MR) is 71.8 cm³/mol. The molecule has 0 aromatic carbocycles. The number of halogens is 1. The second-order valence-electron chi connectivity index (χ2n) is 3.51. The van der Waals surface area contributed by atoms with E-state index >= 15 is 0 Å². The first-order valence-corrected chi connectivity index (χ1v) is 6.68. The highest BCUT2D eigenvalue weighted by atomic mass is 35.5. The molecule has 0 aliphatic carbocycles. The SMILES string of the molecule is CCCC(N)C(S)N1CCSCC1.Cl. The van der Waals surface area contributed by atoms with Crippen LogP contribution in [0.5, 0.6) is 0 Å². The van der Waals surface area contributed by atoms with Crippen molar-refractivity contribution in [3.05, 3.63) is 0 Å². The second kappa shape index (κ2) is 8.11. The number of thiol groups is 1. The van der Waals surface area contributed by atoms with Crippen LogP contribution < -0.4 is 5.73 Å². The molecule has 0 amide bonds. The lowest BCUT2D eigenvalue weighted by atomic mass is 10.1. The van der Waals surface area contributed by atoms with Crippen molar-refractivity contribution in [1.29, 1.82) is 0 Å². The van der Waals surface area contributed by atoms with Gasteiger partial charge in [-0.05, 0) is 6.42 Å². The molecule has 2 unspecified atom stereocenters. The molecule has 1 aliphatic heterocycles. The van der Waals surface area contributed by atoms with Gasteiger partial charge in [0.05, 0.1) is 5.37 Å². The van der Waals surface area contributed by atoms with Gasteiger partial charge in [-0.15, -0.1) is 12.4 Å². The molecule has 1 saturated heterocycles. The Balaban J connectivity index is 0.00000169. The number of hydrogen-bond acceptors (Lipinski definition) is 4. The van der Waals surface area contributed by atoms with Gasteiger partial charge in [-0.25, -0.2) is 0 Å². The lowest BCUT2D eigenvalue weighted by molar-refractivity contribution is 0.252. The third-order valence-corrected chi connectivity index (χ3v) is 4.08. The van der Waals surface area contributed by atoms with E-state index in [1.54, 1.807) is 0 Å². The molecule has 1 rings (SSSR count). The summed E-state index contributed by atoms with van der Waals surface area (Å²) in [6, 6.07) is 0.233. The highest BCUT2D eigenvalue weighted by Crippen LogP contribution is 2.17. The fraction of sp³-hybridized carbons (Fsp3) is 1.00. The second-order valence-corrected chi connectivity index (χ2v) is 5.27. The molecule has 1 fully saturated rings. The molecule has 14 heavy (non-hydrogen) atoms. The normalized spacial score (nSPS) is 22.5. The molecule has 0 bridgehead atoms. The van der Waals surface area contributed by atoms with Crippen LogP contribution in [0.15, 0.2) is 0 Å². The summed E-state index contributed by atoms with van der Waals surface area (Å²) in [5.41, 5.74) is 6.03. The van der Waals surface area contributed by atoms with Crippen molar-refractivity contribution in [2.45, 2.75) is 31.2 Å². The van der Waals surface area contributed by atoms with Crippen LogP contribution >= 0.6 is 36.8 Å². The Bertz CT molecular complexity index is 143. The minimum atomic E-state index is 0. The summed E-state index contributed by atoms with van der Waals surface area (Å²) in [5.74, 6) is 2.46. The Hall–Kier alpha value is 0.910. The van der Waals surface area contributed by atoms with Gasteiger partial charge in [0, 0.05) is 30.6 Å². The van der Waals surface area contributed by atoms with Gasteiger partial charge in [0.25, 0.3) is 0 Å². The summed E-state index contributed by atoms with van der Waals surface area (Å²) in [7, 11) is 0. The van der Waals surface area contributed by atoms with Gasteiger partial charge in [0.2, 0.25) is 0 Å². The zero-order chi connectivity index (χ0) is 9.68. The molecule has 5 heteroatoms. The third kappa shape index (κ3) is 4.62. The molecule has 0 aromatic heterocycles. The van der Waals surface area contributed by atoms with E-state index in [9.17, 15) is 0 Å². The van der Waals surface area contributed by atoms with Crippen LogP contribution in [0.2, 0.25) is 0 Å². The molecule has 0 saturated carbocycles. The Morgan fingerprint density at radius 2 is 2.00 bits per heavy atom. The minimum Gasteiger partial charge on any atom is -0.326 e. The van der Waals surface area contributed by atoms with Crippen LogP contribution in [0.4, 0.5) is 0 Å². The molecule has 1 aliphatic rings. The lowest BCUT2D eigenvalue weighted by Gasteiger charge is -2.34. The van der Waals surface area contributed by atoms with E-state index in [0.717, 1.165) is 25.9 Å². The van der Waals surface area contributed by atoms with Crippen molar-refractivity contribution in [1.82, 2.24) is 4.90 Å². The highest BCUT2D eigenvalue weighted by molar-refractivity contribution is 7.99. The summed E-state index contributed by atoms with van der Waals surface area (Å²) in [6.07, 6.45) is 2.23. The van der Waals surface area contributed by atoms with Crippen LogP contribution in [0.1, 0.15) is 19.8 Å². The van der Waals surface area contributed by atoms with Crippen LogP contribution in [-0.2, 0) is 0 Å². The van der Waals surface area contributed by atoms with Crippen LogP contribution in [-0.4, -0.2) is 40.9 Å². The van der Waals surface area contributed by atoms with E-state index in [-0.39, 0.29) is 23.8 Å². The van der Waals surface area contributed by atoms with Gasteiger partial charge in [-0.3, -0.25) is 4.90 Å². The molecule has 2 nitrogen and oxygen atoms in total. The van der Waals surface area contributed by atoms with Gasteiger partial charge in [0.15, 0.2) is 0 Å². The van der Waals surface area contributed by atoms with E-state index in [1.807, 2.05) is 11.8 Å². The van der Waals surface area contributed by atoms with E-state index in [4.69, 9.17) is 5.73 Å². The number of rotatable bonds is 4. The van der Waals surface area contributed by atoms with Crippen molar-refractivity contribution in [3.63, 3.8) is 0 Å². The summed E-state index contributed by atoms with van der Waals surface area (Å²) < 4.78 is 0. The Labute approximate surface area is 103 Å². The molecule has 2 N–H and O–H groups in total. The van der Waals surface area contributed by atoms with Gasteiger partial charge >= 0.3 is 0 Å². The maximum atomic E-state index is 6.03. The van der Waals surface area contributed by atoms with Gasteiger partial charge < -0.3 is 5.73 Å². The standard InChI is InChI=1S/C9H20N2S2.ClH/c1-2-3-8(10)9(12)11-4-6-13-7-5-11;/h8-9,12H,2-7,10H2,1H3;1H. The molecule has 1 heterocycles.